The second-order valence-electron chi connectivity index (χ2n) is 6.68. The van der Waals surface area contributed by atoms with Gasteiger partial charge < -0.3 is 19.2 Å². The Morgan fingerprint density at radius 3 is 2.65 bits per heavy atom. The van der Waals surface area contributed by atoms with Crippen molar-refractivity contribution in [1.82, 2.24) is 15.5 Å². The number of hydrogen-bond acceptors (Lipinski definition) is 6. The lowest BCUT2D eigenvalue weighted by molar-refractivity contribution is -0.121. The van der Waals surface area contributed by atoms with Crippen molar-refractivity contribution in [2.75, 3.05) is 13.7 Å². The second kappa shape index (κ2) is 11.1. The molecule has 0 atom stereocenters. The maximum atomic E-state index is 12.5. The summed E-state index contributed by atoms with van der Waals surface area (Å²) in [5.41, 5.74) is 1.59. The first-order chi connectivity index (χ1) is 15.0. The average Bonchev–Trinajstić information content (AvgIpc) is 3.23. The van der Waals surface area contributed by atoms with Gasteiger partial charge in [-0.1, -0.05) is 24.3 Å². The molecule has 0 aliphatic heterocycles. The topological polar surface area (TPSA) is 86.5 Å². The van der Waals surface area contributed by atoms with Gasteiger partial charge in [0.15, 0.2) is 11.5 Å². The van der Waals surface area contributed by atoms with Gasteiger partial charge in [0.1, 0.15) is 0 Å². The minimum Gasteiger partial charge on any atom is -0.493 e. The summed E-state index contributed by atoms with van der Waals surface area (Å²) in [5, 5.41) is 10.8. The number of rotatable bonds is 11. The zero-order valence-electron chi connectivity index (χ0n) is 17.0. The Hall–Kier alpha value is -3.49. The molecule has 0 fully saturated rings. The summed E-state index contributed by atoms with van der Waals surface area (Å²) in [5.74, 6) is 1.02. The van der Waals surface area contributed by atoms with Crippen molar-refractivity contribution in [3.8, 4) is 23.0 Å². The minimum atomic E-state index is -2.94. The summed E-state index contributed by atoms with van der Waals surface area (Å²) in [6.07, 6.45) is 1.85. The summed E-state index contributed by atoms with van der Waals surface area (Å²) >= 11 is 0. The second-order valence-corrected chi connectivity index (χ2v) is 6.68. The molecule has 1 N–H and O–H groups in total. The van der Waals surface area contributed by atoms with Crippen LogP contribution in [0.4, 0.5) is 8.78 Å². The third-order valence-corrected chi connectivity index (χ3v) is 4.46. The van der Waals surface area contributed by atoms with Crippen LogP contribution in [0.2, 0.25) is 0 Å². The van der Waals surface area contributed by atoms with E-state index < -0.39 is 6.61 Å². The van der Waals surface area contributed by atoms with E-state index in [1.807, 2.05) is 30.3 Å². The number of aryl methyl sites for hydroxylation is 1. The van der Waals surface area contributed by atoms with Gasteiger partial charge in [0.05, 0.1) is 7.11 Å². The van der Waals surface area contributed by atoms with Crippen molar-refractivity contribution < 1.29 is 27.5 Å². The molecular weight excluding hydrogens is 408 g/mol. The van der Waals surface area contributed by atoms with Crippen LogP contribution in [0.1, 0.15) is 24.3 Å². The number of nitrogens with zero attached hydrogens (tertiary/aromatic N) is 2. The number of hydrogen-bond donors (Lipinski definition) is 1. The molecule has 31 heavy (non-hydrogen) atoms. The fourth-order valence-corrected chi connectivity index (χ4v) is 2.95. The van der Waals surface area contributed by atoms with E-state index in [0.29, 0.717) is 44.0 Å². The Morgan fingerprint density at radius 2 is 1.90 bits per heavy atom. The van der Waals surface area contributed by atoms with E-state index in [1.54, 1.807) is 12.1 Å². The number of carbonyl (C=O) groups is 1. The Labute approximate surface area is 178 Å². The van der Waals surface area contributed by atoms with Gasteiger partial charge in [-0.2, -0.15) is 8.78 Å². The third kappa shape index (κ3) is 6.77. The van der Waals surface area contributed by atoms with Crippen LogP contribution in [0.15, 0.2) is 52.9 Å². The predicted octanol–water partition coefficient (Wildman–Crippen LogP) is 4.03. The Morgan fingerprint density at radius 1 is 1.10 bits per heavy atom. The van der Waals surface area contributed by atoms with Gasteiger partial charge in [0.25, 0.3) is 0 Å². The average molecular weight is 431 g/mol. The molecule has 2 aromatic carbocycles. The van der Waals surface area contributed by atoms with Crippen LogP contribution in [-0.4, -0.2) is 36.4 Å². The van der Waals surface area contributed by atoms with Crippen molar-refractivity contribution in [1.29, 1.82) is 0 Å². The Kier molecular flexibility index (Phi) is 7.91. The number of ether oxygens (including phenoxy) is 2. The van der Waals surface area contributed by atoms with Crippen LogP contribution < -0.4 is 14.8 Å². The van der Waals surface area contributed by atoms with Gasteiger partial charge in [-0.3, -0.25) is 4.79 Å². The number of methoxy groups -OCH3 is 1. The Balaban J connectivity index is 1.39. The highest BCUT2D eigenvalue weighted by atomic mass is 19.3. The van der Waals surface area contributed by atoms with Crippen LogP contribution >= 0.6 is 0 Å². The highest BCUT2D eigenvalue weighted by molar-refractivity contribution is 5.75. The van der Waals surface area contributed by atoms with E-state index in [9.17, 15) is 13.6 Å². The van der Waals surface area contributed by atoms with Gasteiger partial charge in [-0.25, -0.2) is 0 Å². The highest BCUT2D eigenvalue weighted by Gasteiger charge is 2.12. The number of nitrogens with one attached hydrogen (secondary N) is 1. The summed E-state index contributed by atoms with van der Waals surface area (Å²) in [6.45, 7) is -2.57. The van der Waals surface area contributed by atoms with Gasteiger partial charge in [0, 0.05) is 24.9 Å². The smallest absolute Gasteiger partial charge is 0.387 e. The van der Waals surface area contributed by atoms with Crippen molar-refractivity contribution in [2.45, 2.75) is 32.3 Å². The molecule has 9 heteroatoms. The van der Waals surface area contributed by atoms with Crippen molar-refractivity contribution in [3.05, 3.63) is 60.0 Å². The van der Waals surface area contributed by atoms with Crippen LogP contribution in [-0.2, 0) is 17.6 Å². The molecule has 0 aliphatic rings. The normalized spacial score (nSPS) is 10.8. The van der Waals surface area contributed by atoms with Crippen LogP contribution in [0.25, 0.3) is 11.5 Å². The molecule has 3 rings (SSSR count). The van der Waals surface area contributed by atoms with E-state index in [2.05, 4.69) is 20.3 Å². The van der Waals surface area contributed by atoms with Gasteiger partial charge in [-0.05, 0) is 42.7 Å². The summed E-state index contributed by atoms with van der Waals surface area (Å²) in [7, 11) is 1.38. The number of carbonyl (C=O) groups excluding carboxylic acids is 1. The molecule has 0 aliphatic carbocycles. The van der Waals surface area contributed by atoms with E-state index in [0.717, 1.165) is 11.1 Å². The molecule has 1 amide bonds. The number of aromatic nitrogens is 2. The zero-order valence-corrected chi connectivity index (χ0v) is 17.0. The zero-order chi connectivity index (χ0) is 22.1. The van der Waals surface area contributed by atoms with Crippen molar-refractivity contribution in [2.24, 2.45) is 0 Å². The minimum absolute atomic E-state index is 0.0317. The maximum absolute atomic E-state index is 12.5. The lowest BCUT2D eigenvalue weighted by Gasteiger charge is -2.12. The maximum Gasteiger partial charge on any atom is 0.387 e. The molecule has 7 nitrogen and oxygen atoms in total. The van der Waals surface area contributed by atoms with Crippen molar-refractivity contribution >= 4 is 5.91 Å². The molecule has 0 unspecified atom stereocenters. The fourth-order valence-electron chi connectivity index (χ4n) is 2.95. The SMILES string of the molecule is COc1ccc(CCNC(=O)CCCc2nnc(-c3ccccc3)o2)cc1OC(F)F. The number of halogens is 2. The first-order valence-electron chi connectivity index (χ1n) is 9.81. The van der Waals surface area contributed by atoms with E-state index in [-0.39, 0.29) is 17.4 Å². The molecule has 0 saturated carbocycles. The summed E-state index contributed by atoms with van der Waals surface area (Å²) in [4.78, 5) is 12.0. The molecule has 1 heterocycles. The van der Waals surface area contributed by atoms with Crippen LogP contribution in [0.3, 0.4) is 0 Å². The van der Waals surface area contributed by atoms with E-state index in [4.69, 9.17) is 9.15 Å². The molecule has 1 aromatic heterocycles. The van der Waals surface area contributed by atoms with Crippen LogP contribution in [0, 0.1) is 0 Å². The molecule has 0 bridgehead atoms. The summed E-state index contributed by atoms with van der Waals surface area (Å²) < 4.78 is 40.1. The van der Waals surface area contributed by atoms with E-state index in [1.165, 1.54) is 13.2 Å². The monoisotopic (exact) mass is 431 g/mol. The first-order valence-corrected chi connectivity index (χ1v) is 9.81. The number of alkyl halides is 2. The number of amides is 1. The van der Waals surface area contributed by atoms with Gasteiger partial charge in [0.2, 0.25) is 17.7 Å². The largest absolute Gasteiger partial charge is 0.493 e. The lowest BCUT2D eigenvalue weighted by Crippen LogP contribution is -2.25. The standard InChI is InChI=1S/C22H23F2N3O4/c1-29-17-11-10-15(14-18(17)30-22(23)24)12-13-25-19(28)8-5-9-20-26-27-21(31-20)16-6-3-2-4-7-16/h2-4,6-7,10-11,14,22H,5,8-9,12-13H2,1H3,(H,25,28). The van der Waals surface area contributed by atoms with Gasteiger partial charge in [-0.15, -0.1) is 10.2 Å². The lowest BCUT2D eigenvalue weighted by atomic mass is 10.1. The quantitative estimate of drug-likeness (QED) is 0.493. The Bertz CT molecular complexity index is 980. The highest BCUT2D eigenvalue weighted by Crippen LogP contribution is 2.29. The molecule has 3 aromatic rings. The molecule has 164 valence electrons. The number of benzene rings is 2. The first kappa shape index (κ1) is 22.2. The molecular formula is C22H23F2N3O4. The molecule has 0 saturated heterocycles. The molecule has 0 spiro atoms. The third-order valence-electron chi connectivity index (χ3n) is 4.46. The predicted molar refractivity (Wildman–Crippen MR) is 109 cm³/mol. The van der Waals surface area contributed by atoms with Crippen LogP contribution in [0.5, 0.6) is 11.5 Å². The fraction of sp³-hybridized carbons (Fsp3) is 0.318. The van der Waals surface area contributed by atoms with Crippen molar-refractivity contribution in [3.63, 3.8) is 0 Å². The van der Waals surface area contributed by atoms with Gasteiger partial charge >= 0.3 is 6.61 Å². The molecule has 0 radical (unpaired) electrons. The van der Waals surface area contributed by atoms with E-state index >= 15 is 0 Å². The summed E-state index contributed by atoms with van der Waals surface area (Å²) in [6, 6.07) is 14.2.